The zero-order valence-corrected chi connectivity index (χ0v) is 15.8. The Bertz CT molecular complexity index is 845. The summed E-state index contributed by atoms with van der Waals surface area (Å²) in [6.07, 6.45) is 0. The van der Waals surface area contributed by atoms with Crippen LogP contribution in [0.2, 0.25) is 0 Å². The van der Waals surface area contributed by atoms with Gasteiger partial charge in [-0.1, -0.05) is 30.3 Å². The SMILES string of the molecule is CC(C)(C)NC(=O)C1(Nc2ccccc2Br)OC(=O)c2ccccc21. The van der Waals surface area contributed by atoms with Crippen LogP contribution in [0.15, 0.2) is 53.0 Å². The van der Waals surface area contributed by atoms with Gasteiger partial charge in [0.05, 0.1) is 11.3 Å². The molecule has 2 aromatic carbocycles. The third kappa shape index (κ3) is 3.26. The van der Waals surface area contributed by atoms with E-state index in [2.05, 4.69) is 26.6 Å². The summed E-state index contributed by atoms with van der Waals surface area (Å²) in [5.41, 5.74) is -0.575. The Kier molecular flexibility index (Phi) is 4.33. The molecule has 5 nitrogen and oxygen atoms in total. The molecule has 1 aliphatic heterocycles. The second-order valence-corrected chi connectivity index (χ2v) is 7.78. The van der Waals surface area contributed by atoms with Gasteiger partial charge >= 0.3 is 5.97 Å². The van der Waals surface area contributed by atoms with Gasteiger partial charge in [-0.2, -0.15) is 0 Å². The number of carbonyl (C=O) groups is 2. The molecule has 0 radical (unpaired) electrons. The summed E-state index contributed by atoms with van der Waals surface area (Å²) in [5.74, 6) is -0.951. The highest BCUT2D eigenvalue weighted by Gasteiger charge is 2.52. The van der Waals surface area contributed by atoms with Crippen LogP contribution in [0.5, 0.6) is 0 Å². The van der Waals surface area contributed by atoms with Crippen molar-refractivity contribution in [2.45, 2.75) is 32.0 Å². The molecule has 1 aliphatic rings. The molecule has 1 atom stereocenters. The Labute approximate surface area is 154 Å². The summed E-state index contributed by atoms with van der Waals surface area (Å²) in [6, 6.07) is 14.3. The van der Waals surface area contributed by atoms with Crippen molar-refractivity contribution in [3.63, 3.8) is 0 Å². The van der Waals surface area contributed by atoms with Gasteiger partial charge < -0.3 is 15.4 Å². The first-order chi connectivity index (χ1) is 11.7. The fraction of sp³-hybridized carbons (Fsp3) is 0.263. The van der Waals surface area contributed by atoms with Crippen molar-refractivity contribution in [2.24, 2.45) is 0 Å². The Morgan fingerprint density at radius 1 is 1.08 bits per heavy atom. The van der Waals surface area contributed by atoms with Crippen molar-refractivity contribution >= 4 is 33.5 Å². The van der Waals surface area contributed by atoms with E-state index in [0.717, 1.165) is 4.47 Å². The van der Waals surface area contributed by atoms with Crippen LogP contribution in [0.1, 0.15) is 36.7 Å². The molecule has 2 N–H and O–H groups in total. The second-order valence-electron chi connectivity index (χ2n) is 6.93. The molecule has 0 aromatic heterocycles. The molecule has 6 heteroatoms. The van der Waals surface area contributed by atoms with Gasteiger partial charge in [-0.3, -0.25) is 4.79 Å². The van der Waals surface area contributed by atoms with E-state index in [1.54, 1.807) is 24.3 Å². The van der Waals surface area contributed by atoms with Crippen molar-refractivity contribution < 1.29 is 14.3 Å². The molecule has 3 rings (SSSR count). The van der Waals surface area contributed by atoms with E-state index in [0.29, 0.717) is 16.8 Å². The number of hydrogen-bond donors (Lipinski definition) is 2. The number of benzene rings is 2. The lowest BCUT2D eigenvalue weighted by atomic mass is 9.97. The minimum Gasteiger partial charge on any atom is -0.421 e. The lowest BCUT2D eigenvalue weighted by molar-refractivity contribution is -0.139. The summed E-state index contributed by atoms with van der Waals surface area (Å²) in [5, 5.41) is 6.04. The zero-order chi connectivity index (χ0) is 18.2. The number of cyclic esters (lactones) is 1. The molecule has 25 heavy (non-hydrogen) atoms. The van der Waals surface area contributed by atoms with E-state index in [4.69, 9.17) is 4.74 Å². The lowest BCUT2D eigenvalue weighted by Gasteiger charge is -2.33. The van der Waals surface area contributed by atoms with E-state index in [1.807, 2.05) is 45.0 Å². The quantitative estimate of drug-likeness (QED) is 0.766. The maximum absolute atomic E-state index is 13.1. The molecule has 2 aromatic rings. The Morgan fingerprint density at radius 2 is 1.72 bits per heavy atom. The minimum absolute atomic E-state index is 0.381. The first-order valence-electron chi connectivity index (χ1n) is 7.91. The molecule has 0 aliphatic carbocycles. The molecule has 130 valence electrons. The highest BCUT2D eigenvalue weighted by atomic mass is 79.9. The number of anilines is 1. The maximum atomic E-state index is 13.1. The lowest BCUT2D eigenvalue weighted by Crippen LogP contribution is -2.55. The Balaban J connectivity index is 2.12. The molecular weight excluding hydrogens is 384 g/mol. The number of esters is 1. The second kappa shape index (κ2) is 6.19. The van der Waals surface area contributed by atoms with Gasteiger partial charge in [-0.25, -0.2) is 4.79 Å². The van der Waals surface area contributed by atoms with Gasteiger partial charge in [0, 0.05) is 15.6 Å². The fourth-order valence-corrected chi connectivity index (χ4v) is 3.10. The van der Waals surface area contributed by atoms with Crippen LogP contribution in [0.3, 0.4) is 0 Å². The van der Waals surface area contributed by atoms with Crippen LogP contribution in [0.4, 0.5) is 5.69 Å². The third-order valence-electron chi connectivity index (χ3n) is 3.76. The number of halogens is 1. The Morgan fingerprint density at radius 3 is 2.40 bits per heavy atom. The van der Waals surface area contributed by atoms with E-state index in [9.17, 15) is 9.59 Å². The predicted octanol–water partition coefficient (Wildman–Crippen LogP) is 3.80. The molecule has 0 fully saturated rings. The first kappa shape index (κ1) is 17.5. The normalized spacial score (nSPS) is 19.1. The van der Waals surface area contributed by atoms with Gasteiger partial charge in [-0.15, -0.1) is 0 Å². The van der Waals surface area contributed by atoms with Crippen LogP contribution >= 0.6 is 15.9 Å². The minimum atomic E-state index is -1.62. The topological polar surface area (TPSA) is 67.4 Å². The summed E-state index contributed by atoms with van der Waals surface area (Å²) in [4.78, 5) is 25.5. The van der Waals surface area contributed by atoms with E-state index in [-0.39, 0.29) is 0 Å². The largest absolute Gasteiger partial charge is 0.421 e. The number of hydrogen-bond acceptors (Lipinski definition) is 4. The first-order valence-corrected chi connectivity index (χ1v) is 8.70. The average molecular weight is 403 g/mol. The monoisotopic (exact) mass is 402 g/mol. The number of nitrogens with one attached hydrogen (secondary N) is 2. The highest BCUT2D eigenvalue weighted by molar-refractivity contribution is 9.10. The Hall–Kier alpha value is -2.34. The van der Waals surface area contributed by atoms with Gasteiger partial charge in [-0.05, 0) is 54.9 Å². The summed E-state index contributed by atoms with van der Waals surface area (Å²) in [7, 11) is 0. The molecule has 1 amide bonds. The van der Waals surface area contributed by atoms with E-state index in [1.165, 1.54) is 0 Å². The molecule has 0 bridgehead atoms. The van der Waals surface area contributed by atoms with Crippen LogP contribution in [-0.2, 0) is 15.3 Å². The van der Waals surface area contributed by atoms with Gasteiger partial charge in [0.25, 0.3) is 11.6 Å². The van der Waals surface area contributed by atoms with Crippen LogP contribution in [-0.4, -0.2) is 17.4 Å². The fourth-order valence-electron chi connectivity index (χ4n) is 2.72. The molecule has 1 unspecified atom stereocenters. The number of para-hydroxylation sites is 1. The third-order valence-corrected chi connectivity index (χ3v) is 4.46. The molecule has 0 saturated carbocycles. The highest BCUT2D eigenvalue weighted by Crippen LogP contribution is 2.39. The molecular formula is C19H19BrN2O3. The van der Waals surface area contributed by atoms with Crippen molar-refractivity contribution in [3.8, 4) is 0 Å². The van der Waals surface area contributed by atoms with Gasteiger partial charge in [0.15, 0.2) is 0 Å². The van der Waals surface area contributed by atoms with Gasteiger partial charge in [0.2, 0.25) is 0 Å². The average Bonchev–Trinajstić information content (AvgIpc) is 2.82. The number of carbonyl (C=O) groups excluding carboxylic acids is 2. The number of rotatable bonds is 3. The molecule has 1 heterocycles. The predicted molar refractivity (Wildman–Crippen MR) is 99.2 cm³/mol. The maximum Gasteiger partial charge on any atom is 0.341 e. The van der Waals surface area contributed by atoms with E-state index >= 15 is 0 Å². The standard InChI is InChI=1S/C19H19BrN2O3/c1-18(2,3)22-17(24)19(21-15-11-7-6-10-14(15)20)13-9-5-4-8-12(13)16(23)25-19/h4-11,21H,1-3H3,(H,22,24). The van der Waals surface area contributed by atoms with Crippen LogP contribution in [0.25, 0.3) is 0 Å². The zero-order valence-electron chi connectivity index (χ0n) is 14.2. The van der Waals surface area contributed by atoms with Crippen molar-refractivity contribution in [2.75, 3.05) is 5.32 Å². The van der Waals surface area contributed by atoms with Crippen LogP contribution in [0, 0.1) is 0 Å². The number of fused-ring (bicyclic) bond motifs is 1. The van der Waals surface area contributed by atoms with Crippen LogP contribution < -0.4 is 10.6 Å². The number of ether oxygens (including phenoxy) is 1. The smallest absolute Gasteiger partial charge is 0.341 e. The number of amides is 1. The molecule has 0 spiro atoms. The van der Waals surface area contributed by atoms with Gasteiger partial charge in [0.1, 0.15) is 0 Å². The van der Waals surface area contributed by atoms with Crippen molar-refractivity contribution in [1.29, 1.82) is 0 Å². The van der Waals surface area contributed by atoms with Crippen molar-refractivity contribution in [1.82, 2.24) is 5.32 Å². The van der Waals surface area contributed by atoms with Crippen molar-refractivity contribution in [3.05, 3.63) is 64.1 Å². The van der Waals surface area contributed by atoms with E-state index < -0.39 is 23.1 Å². The summed E-state index contributed by atoms with van der Waals surface area (Å²) < 4.78 is 6.37. The molecule has 0 saturated heterocycles. The summed E-state index contributed by atoms with van der Waals surface area (Å²) in [6.45, 7) is 5.62. The summed E-state index contributed by atoms with van der Waals surface area (Å²) >= 11 is 3.46.